The van der Waals surface area contributed by atoms with Crippen LogP contribution in [-0.4, -0.2) is 19.8 Å². The minimum atomic E-state index is -0.262. The van der Waals surface area contributed by atoms with Crippen LogP contribution in [0.4, 0.5) is 5.69 Å². The van der Waals surface area contributed by atoms with Gasteiger partial charge < -0.3 is 19.9 Å². The van der Waals surface area contributed by atoms with Crippen LogP contribution >= 0.6 is 23.8 Å². The number of aromatic hydroxyl groups is 1. The molecule has 2 aromatic heterocycles. The molecule has 1 saturated heterocycles. The second-order valence-corrected chi connectivity index (χ2v) is 10.1. The first-order valence-corrected chi connectivity index (χ1v) is 12.9. The molecule has 0 bridgehead atoms. The lowest BCUT2D eigenvalue weighted by molar-refractivity contribution is 0.472. The van der Waals surface area contributed by atoms with Crippen molar-refractivity contribution in [2.24, 2.45) is 0 Å². The first-order valence-electron chi connectivity index (χ1n) is 12.1. The topological polar surface area (TPSA) is 53.3 Å². The number of phenols is 1. The highest BCUT2D eigenvalue weighted by Crippen LogP contribution is 2.46. The molecule has 0 aliphatic carbocycles. The Kier molecular flexibility index (Phi) is 5.86. The molecule has 1 aliphatic rings. The van der Waals surface area contributed by atoms with Gasteiger partial charge in [0.25, 0.3) is 0 Å². The molecule has 1 fully saturated rings. The van der Waals surface area contributed by atoms with Gasteiger partial charge in [0.05, 0.1) is 29.2 Å². The Labute approximate surface area is 226 Å². The molecule has 3 aromatic carbocycles. The maximum Gasteiger partial charge on any atom is 0.174 e. The fourth-order valence-electron chi connectivity index (χ4n) is 5.48. The summed E-state index contributed by atoms with van der Waals surface area (Å²) in [6.45, 7) is 4.26. The Balaban J connectivity index is 1.57. The summed E-state index contributed by atoms with van der Waals surface area (Å²) in [6.07, 6.45) is 1.79. The van der Waals surface area contributed by atoms with Crippen LogP contribution in [0, 0.1) is 13.8 Å². The minimum absolute atomic E-state index is 0.114. The Morgan fingerprint density at radius 2 is 1.70 bits per heavy atom. The normalized spacial score (nSPS) is 17.4. The summed E-state index contributed by atoms with van der Waals surface area (Å²) in [5.74, 6) is 0.114. The lowest BCUT2D eigenvalue weighted by atomic mass is 9.96. The van der Waals surface area contributed by atoms with E-state index in [4.69, 9.17) is 23.8 Å². The van der Waals surface area contributed by atoms with E-state index in [1.165, 1.54) is 10.8 Å². The second kappa shape index (κ2) is 9.21. The van der Waals surface area contributed by atoms with Crippen molar-refractivity contribution in [1.82, 2.24) is 14.9 Å². The number of aryl methyl sites for hydroxylation is 1. The zero-order chi connectivity index (χ0) is 25.7. The van der Waals surface area contributed by atoms with Crippen molar-refractivity contribution in [1.29, 1.82) is 0 Å². The molecule has 1 aliphatic heterocycles. The number of fused-ring (bicyclic) bond motifs is 1. The number of nitrogens with one attached hydrogen (secondary N) is 1. The maximum atomic E-state index is 10.9. The zero-order valence-electron chi connectivity index (χ0n) is 20.4. The molecule has 6 rings (SSSR count). The van der Waals surface area contributed by atoms with E-state index in [1.54, 1.807) is 24.4 Å². The van der Waals surface area contributed by atoms with Crippen LogP contribution in [0.5, 0.6) is 5.75 Å². The molecule has 37 heavy (non-hydrogen) atoms. The minimum Gasteiger partial charge on any atom is -0.506 e. The molecular weight excluding hydrogens is 500 g/mol. The predicted molar refractivity (Wildman–Crippen MR) is 154 cm³/mol. The smallest absolute Gasteiger partial charge is 0.174 e. The SMILES string of the molecule is Cc1cc([C@H]2[C@H](c3ccccn3)NC(=S)N2c2cc(Cl)ccc2O)c(C)n1-c1cccc2ccccc12. The van der Waals surface area contributed by atoms with Crippen molar-refractivity contribution in [2.75, 3.05) is 4.90 Å². The number of aromatic nitrogens is 2. The average molecular weight is 525 g/mol. The summed E-state index contributed by atoms with van der Waals surface area (Å²) < 4.78 is 2.30. The van der Waals surface area contributed by atoms with Gasteiger partial charge in [-0.2, -0.15) is 0 Å². The molecular formula is C30H25ClN4OS. The van der Waals surface area contributed by atoms with Crippen LogP contribution in [0.2, 0.25) is 5.02 Å². The van der Waals surface area contributed by atoms with Gasteiger partial charge in [0.1, 0.15) is 5.75 Å². The number of pyridine rings is 1. The number of nitrogens with zero attached hydrogens (tertiary/aromatic N) is 3. The Hall–Kier alpha value is -3.87. The maximum absolute atomic E-state index is 10.9. The van der Waals surface area contributed by atoms with E-state index in [2.05, 4.69) is 77.2 Å². The number of hydrogen-bond donors (Lipinski definition) is 2. The molecule has 0 radical (unpaired) electrons. The number of rotatable bonds is 4. The third-order valence-corrected chi connectivity index (χ3v) is 7.64. The molecule has 5 aromatic rings. The number of phenolic OH excluding ortho intramolecular Hbond substituents is 1. The highest BCUT2D eigenvalue weighted by Gasteiger charge is 2.43. The van der Waals surface area contributed by atoms with Gasteiger partial charge in [-0.1, -0.05) is 54.1 Å². The second-order valence-electron chi connectivity index (χ2n) is 9.29. The van der Waals surface area contributed by atoms with Crippen molar-refractivity contribution in [2.45, 2.75) is 25.9 Å². The number of halogens is 1. The molecule has 184 valence electrons. The van der Waals surface area contributed by atoms with Crippen molar-refractivity contribution >= 4 is 45.4 Å². The molecule has 0 amide bonds. The zero-order valence-corrected chi connectivity index (χ0v) is 22.0. The van der Waals surface area contributed by atoms with E-state index >= 15 is 0 Å². The van der Waals surface area contributed by atoms with Gasteiger partial charge in [0.2, 0.25) is 0 Å². The third kappa shape index (κ3) is 3.93. The highest BCUT2D eigenvalue weighted by atomic mass is 35.5. The van der Waals surface area contributed by atoms with Gasteiger partial charge in [-0.3, -0.25) is 4.98 Å². The van der Waals surface area contributed by atoms with Gasteiger partial charge in [-0.25, -0.2) is 0 Å². The first kappa shape index (κ1) is 23.5. The first-order chi connectivity index (χ1) is 17.9. The van der Waals surface area contributed by atoms with Crippen molar-refractivity contribution < 1.29 is 5.11 Å². The Morgan fingerprint density at radius 1 is 0.919 bits per heavy atom. The third-order valence-electron chi connectivity index (χ3n) is 7.09. The van der Waals surface area contributed by atoms with E-state index in [0.29, 0.717) is 15.8 Å². The molecule has 0 unspecified atom stereocenters. The Morgan fingerprint density at radius 3 is 2.51 bits per heavy atom. The summed E-state index contributed by atoms with van der Waals surface area (Å²) in [4.78, 5) is 6.62. The summed E-state index contributed by atoms with van der Waals surface area (Å²) in [6, 6.07) is 27.4. The standard InChI is InChI=1S/C30H25ClN4OS/c1-18-16-23(19(2)34(18)25-12-7-9-20-8-3-4-10-22(20)25)29-28(24-11-5-6-15-32-24)33-30(37)35(29)26-17-21(31)13-14-27(26)36/h3-17,28-29,36H,1-2H3,(H,33,37)/t28-,29-/m0/s1. The van der Waals surface area contributed by atoms with Crippen LogP contribution in [0.25, 0.3) is 16.5 Å². The molecule has 0 spiro atoms. The summed E-state index contributed by atoms with van der Waals surface area (Å²) in [5.41, 5.74) is 5.85. The van der Waals surface area contributed by atoms with Gasteiger partial charge in [0, 0.05) is 28.0 Å². The van der Waals surface area contributed by atoms with E-state index < -0.39 is 0 Å². The van der Waals surface area contributed by atoms with Crippen molar-refractivity contribution in [3.8, 4) is 11.4 Å². The summed E-state index contributed by atoms with van der Waals surface area (Å²) >= 11 is 12.2. The highest BCUT2D eigenvalue weighted by molar-refractivity contribution is 7.80. The number of anilines is 1. The molecule has 7 heteroatoms. The fraction of sp³-hybridized carbons (Fsp3) is 0.133. The fourth-order valence-corrected chi connectivity index (χ4v) is 5.99. The molecule has 0 saturated carbocycles. The van der Waals surface area contributed by atoms with Crippen LogP contribution in [-0.2, 0) is 0 Å². The van der Waals surface area contributed by atoms with Crippen LogP contribution in [0.3, 0.4) is 0 Å². The summed E-state index contributed by atoms with van der Waals surface area (Å²) in [5, 5.41) is 17.7. The Bertz CT molecular complexity index is 1640. The monoisotopic (exact) mass is 524 g/mol. The largest absolute Gasteiger partial charge is 0.506 e. The van der Waals surface area contributed by atoms with E-state index in [-0.39, 0.29) is 17.8 Å². The average Bonchev–Trinajstić information content (AvgIpc) is 3.40. The van der Waals surface area contributed by atoms with E-state index in [1.807, 2.05) is 23.1 Å². The van der Waals surface area contributed by atoms with Crippen LogP contribution in [0.15, 0.2) is 91.1 Å². The van der Waals surface area contributed by atoms with Crippen LogP contribution < -0.4 is 10.2 Å². The van der Waals surface area contributed by atoms with E-state index in [0.717, 1.165) is 28.3 Å². The number of benzene rings is 3. The molecule has 3 heterocycles. The molecule has 2 N–H and O–H groups in total. The van der Waals surface area contributed by atoms with Gasteiger partial charge in [-0.05, 0) is 79.5 Å². The summed E-state index contributed by atoms with van der Waals surface area (Å²) in [7, 11) is 0. The van der Waals surface area contributed by atoms with E-state index in [9.17, 15) is 5.11 Å². The number of thiocarbonyl (C=S) groups is 1. The van der Waals surface area contributed by atoms with Crippen molar-refractivity contribution in [3.63, 3.8) is 0 Å². The lowest BCUT2D eigenvalue weighted by Gasteiger charge is -2.29. The quantitative estimate of drug-likeness (QED) is 0.244. The van der Waals surface area contributed by atoms with Gasteiger partial charge >= 0.3 is 0 Å². The van der Waals surface area contributed by atoms with Gasteiger partial charge in [0.15, 0.2) is 5.11 Å². The van der Waals surface area contributed by atoms with Gasteiger partial charge in [-0.15, -0.1) is 0 Å². The molecule has 5 nitrogen and oxygen atoms in total. The van der Waals surface area contributed by atoms with Crippen molar-refractivity contribution in [3.05, 3.63) is 119 Å². The lowest BCUT2D eigenvalue weighted by Crippen LogP contribution is -2.29. The molecule has 2 atom stereocenters. The van der Waals surface area contributed by atoms with Crippen LogP contribution in [0.1, 0.15) is 34.7 Å². The predicted octanol–water partition coefficient (Wildman–Crippen LogP) is 7.18. The number of hydrogen-bond acceptors (Lipinski definition) is 3.